The van der Waals surface area contributed by atoms with Crippen molar-refractivity contribution in [1.29, 1.82) is 0 Å². The molecule has 0 aliphatic carbocycles. The number of hydrogen-bond donors (Lipinski definition) is 2. The van der Waals surface area contributed by atoms with Crippen molar-refractivity contribution in [2.24, 2.45) is 0 Å². The Morgan fingerprint density at radius 3 is 3.05 bits per heavy atom. The van der Waals surface area contributed by atoms with Crippen LogP contribution in [0.25, 0.3) is 10.9 Å². The van der Waals surface area contributed by atoms with Gasteiger partial charge in [-0.3, -0.25) is 4.79 Å². The summed E-state index contributed by atoms with van der Waals surface area (Å²) in [5.41, 5.74) is 2.33. The summed E-state index contributed by atoms with van der Waals surface area (Å²) in [6.45, 7) is 0.655. The molecule has 0 bridgehead atoms. The van der Waals surface area contributed by atoms with Crippen molar-refractivity contribution < 1.29 is 9.53 Å². The van der Waals surface area contributed by atoms with Crippen LogP contribution in [0.3, 0.4) is 0 Å². The number of amides is 1. The van der Waals surface area contributed by atoms with Crippen molar-refractivity contribution in [3.05, 3.63) is 30.0 Å². The fourth-order valence-electron chi connectivity index (χ4n) is 2.17. The number of halogens is 1. The maximum absolute atomic E-state index is 11.2. The lowest BCUT2D eigenvalue weighted by atomic mass is 10.1. The highest BCUT2D eigenvalue weighted by molar-refractivity contribution is 9.09. The van der Waals surface area contributed by atoms with Crippen molar-refractivity contribution in [2.45, 2.75) is 19.3 Å². The molecule has 0 fully saturated rings. The summed E-state index contributed by atoms with van der Waals surface area (Å²) in [5.74, 6) is 0.968. The third-order valence-corrected chi connectivity index (χ3v) is 3.54. The number of alkyl halides is 1. The molecule has 2 N–H and O–H groups in total. The minimum absolute atomic E-state index is 0.0891. The molecule has 5 heteroatoms. The Hall–Kier alpha value is -1.49. The second-order valence-electron chi connectivity index (χ2n) is 4.59. The van der Waals surface area contributed by atoms with E-state index in [2.05, 4.69) is 32.3 Å². The van der Waals surface area contributed by atoms with Crippen molar-refractivity contribution in [3.63, 3.8) is 0 Å². The van der Waals surface area contributed by atoms with Gasteiger partial charge < -0.3 is 15.0 Å². The molecule has 0 saturated heterocycles. The average Bonchev–Trinajstić information content (AvgIpc) is 2.87. The maximum atomic E-state index is 11.2. The molecular formula is C15H19BrN2O2. The molecule has 4 nitrogen and oxygen atoms in total. The molecule has 0 spiro atoms. The van der Waals surface area contributed by atoms with E-state index in [4.69, 9.17) is 4.74 Å². The van der Waals surface area contributed by atoms with Crippen molar-refractivity contribution in [1.82, 2.24) is 10.3 Å². The lowest BCUT2D eigenvalue weighted by molar-refractivity contribution is -0.120. The molecule has 0 radical (unpaired) electrons. The van der Waals surface area contributed by atoms with E-state index < -0.39 is 0 Å². The first-order chi connectivity index (χ1) is 9.74. The Labute approximate surface area is 127 Å². The number of nitrogens with one attached hydrogen (secondary N) is 2. The zero-order chi connectivity index (χ0) is 14.4. The number of carbonyl (C=O) groups is 1. The molecule has 20 heavy (non-hydrogen) atoms. The zero-order valence-corrected chi connectivity index (χ0v) is 13.1. The first-order valence-electron chi connectivity index (χ1n) is 6.74. The third-order valence-electron chi connectivity index (χ3n) is 3.21. The Bertz CT molecular complexity index is 580. The van der Waals surface area contributed by atoms with Crippen molar-refractivity contribution >= 4 is 32.7 Å². The molecule has 0 saturated carbocycles. The molecule has 2 aromatic rings. The molecule has 0 atom stereocenters. The summed E-state index contributed by atoms with van der Waals surface area (Å²) in [5, 5.41) is 4.63. The number of carbonyl (C=O) groups excluding carboxylic acids is 1. The van der Waals surface area contributed by atoms with Crippen LogP contribution in [0.15, 0.2) is 24.4 Å². The summed E-state index contributed by atoms with van der Waals surface area (Å²) in [7, 11) is 1.67. The second kappa shape index (κ2) is 7.33. The number of hydrogen-bond acceptors (Lipinski definition) is 2. The highest BCUT2D eigenvalue weighted by atomic mass is 79.9. The number of aryl methyl sites for hydroxylation is 1. The van der Waals surface area contributed by atoms with Crippen LogP contribution in [0, 0.1) is 0 Å². The molecule has 0 aliphatic heterocycles. The molecule has 1 aromatic heterocycles. The van der Waals surface area contributed by atoms with Gasteiger partial charge in [-0.05, 0) is 36.6 Å². The number of H-pyrrole nitrogens is 1. The second-order valence-corrected chi connectivity index (χ2v) is 5.38. The average molecular weight is 339 g/mol. The largest absolute Gasteiger partial charge is 0.493 e. The molecule has 1 heterocycles. The summed E-state index contributed by atoms with van der Waals surface area (Å²) in [4.78, 5) is 14.5. The number of benzene rings is 1. The minimum Gasteiger partial charge on any atom is -0.493 e. The molecule has 0 aliphatic rings. The normalized spacial score (nSPS) is 10.7. The number of aromatic nitrogens is 1. The van der Waals surface area contributed by atoms with E-state index in [0.29, 0.717) is 13.0 Å². The fourth-order valence-corrected chi connectivity index (χ4v) is 2.34. The smallest absolute Gasteiger partial charge is 0.219 e. The van der Waals surface area contributed by atoms with Gasteiger partial charge in [-0.2, -0.15) is 0 Å². The van der Waals surface area contributed by atoms with Gasteiger partial charge in [0.15, 0.2) is 0 Å². The Morgan fingerprint density at radius 2 is 2.30 bits per heavy atom. The summed E-state index contributed by atoms with van der Waals surface area (Å²) in [6.07, 6.45) is 4.31. The van der Waals surface area contributed by atoms with Gasteiger partial charge in [0.05, 0.1) is 6.61 Å². The number of fused-ring (bicyclic) bond motifs is 1. The van der Waals surface area contributed by atoms with E-state index >= 15 is 0 Å². The minimum atomic E-state index is 0.0891. The van der Waals surface area contributed by atoms with Gasteiger partial charge >= 0.3 is 0 Å². The highest BCUT2D eigenvalue weighted by Gasteiger charge is 2.06. The van der Waals surface area contributed by atoms with E-state index in [1.54, 1.807) is 7.05 Å². The molecule has 0 unspecified atom stereocenters. The van der Waals surface area contributed by atoms with E-state index in [1.807, 2.05) is 18.3 Å². The maximum Gasteiger partial charge on any atom is 0.219 e. The number of rotatable bonds is 7. The Morgan fingerprint density at radius 1 is 1.45 bits per heavy atom. The fraction of sp³-hybridized carbons (Fsp3) is 0.400. The van der Waals surface area contributed by atoms with E-state index in [-0.39, 0.29) is 5.91 Å². The van der Waals surface area contributed by atoms with Crippen LogP contribution in [0.4, 0.5) is 0 Å². The van der Waals surface area contributed by atoms with Crippen LogP contribution in [0.2, 0.25) is 0 Å². The van der Waals surface area contributed by atoms with Gasteiger partial charge in [-0.25, -0.2) is 0 Å². The quantitative estimate of drug-likeness (QED) is 0.762. The monoisotopic (exact) mass is 338 g/mol. The predicted octanol–water partition coefficient (Wildman–Crippen LogP) is 3.01. The van der Waals surface area contributed by atoms with Gasteiger partial charge in [0.1, 0.15) is 5.75 Å². The van der Waals surface area contributed by atoms with Gasteiger partial charge in [-0.1, -0.05) is 15.9 Å². The molecular weight excluding hydrogens is 320 g/mol. The lowest BCUT2D eigenvalue weighted by Crippen LogP contribution is -2.17. The van der Waals surface area contributed by atoms with Crippen molar-refractivity contribution in [3.8, 4) is 5.75 Å². The van der Waals surface area contributed by atoms with Crippen LogP contribution in [-0.4, -0.2) is 29.9 Å². The highest BCUT2D eigenvalue weighted by Crippen LogP contribution is 2.25. The van der Waals surface area contributed by atoms with Gasteiger partial charge in [0, 0.05) is 35.9 Å². The number of ether oxygens (including phenoxy) is 1. The standard InChI is InChI=1S/C15H19BrN2O2/c1-17-15(19)4-2-3-11-10-18-14-6-5-12(9-13(11)14)20-8-7-16/h5-6,9-10,18H,2-4,7-8H2,1H3,(H,17,19). The van der Waals surface area contributed by atoms with Gasteiger partial charge in [0.25, 0.3) is 0 Å². The molecule has 1 amide bonds. The predicted molar refractivity (Wildman–Crippen MR) is 84.6 cm³/mol. The zero-order valence-electron chi connectivity index (χ0n) is 11.5. The third kappa shape index (κ3) is 3.76. The van der Waals surface area contributed by atoms with Crippen LogP contribution in [0.5, 0.6) is 5.75 Å². The van der Waals surface area contributed by atoms with Gasteiger partial charge in [-0.15, -0.1) is 0 Å². The van der Waals surface area contributed by atoms with Crippen LogP contribution >= 0.6 is 15.9 Å². The lowest BCUT2D eigenvalue weighted by Gasteiger charge is -2.05. The van der Waals surface area contributed by atoms with E-state index in [0.717, 1.165) is 29.4 Å². The summed E-state index contributed by atoms with van der Waals surface area (Å²) < 4.78 is 5.62. The Kier molecular flexibility index (Phi) is 5.47. The van der Waals surface area contributed by atoms with Crippen molar-refractivity contribution in [2.75, 3.05) is 19.0 Å². The van der Waals surface area contributed by atoms with E-state index in [1.165, 1.54) is 10.9 Å². The van der Waals surface area contributed by atoms with Crippen LogP contribution in [-0.2, 0) is 11.2 Å². The van der Waals surface area contributed by atoms with Crippen LogP contribution < -0.4 is 10.1 Å². The summed E-state index contributed by atoms with van der Waals surface area (Å²) in [6, 6.07) is 6.06. The van der Waals surface area contributed by atoms with E-state index in [9.17, 15) is 4.79 Å². The topological polar surface area (TPSA) is 54.1 Å². The SMILES string of the molecule is CNC(=O)CCCc1c[nH]c2ccc(OCCBr)cc12. The summed E-state index contributed by atoms with van der Waals surface area (Å²) >= 11 is 3.35. The molecule has 108 valence electrons. The van der Waals surface area contributed by atoms with Gasteiger partial charge in [0.2, 0.25) is 5.91 Å². The first-order valence-corrected chi connectivity index (χ1v) is 7.86. The molecule has 2 rings (SSSR count). The number of aromatic amines is 1. The first kappa shape index (κ1) is 14.9. The molecule has 1 aromatic carbocycles. The van der Waals surface area contributed by atoms with Crippen LogP contribution in [0.1, 0.15) is 18.4 Å². The Balaban J connectivity index is 2.06.